The molecule has 2 N–H and O–H groups in total. The highest BCUT2D eigenvalue weighted by molar-refractivity contribution is 5.96. The van der Waals surface area contributed by atoms with E-state index in [2.05, 4.69) is 32.2 Å². The second-order valence-corrected chi connectivity index (χ2v) is 9.72. The van der Waals surface area contributed by atoms with E-state index >= 15 is 0 Å². The number of nitrogens with zero attached hydrogens (tertiary/aromatic N) is 4. The lowest BCUT2D eigenvalue weighted by Crippen LogP contribution is -2.66. The van der Waals surface area contributed by atoms with Gasteiger partial charge >= 0.3 is 0 Å². The van der Waals surface area contributed by atoms with Gasteiger partial charge in [-0.15, -0.1) is 0 Å². The van der Waals surface area contributed by atoms with Gasteiger partial charge in [0.25, 0.3) is 0 Å². The predicted molar refractivity (Wildman–Crippen MR) is 137 cm³/mol. The van der Waals surface area contributed by atoms with E-state index < -0.39 is 0 Å². The van der Waals surface area contributed by atoms with Crippen molar-refractivity contribution < 1.29 is 14.3 Å². The van der Waals surface area contributed by atoms with Crippen molar-refractivity contribution in [2.24, 2.45) is 23.9 Å². The van der Waals surface area contributed by atoms with E-state index in [0.717, 1.165) is 42.7 Å². The van der Waals surface area contributed by atoms with Crippen molar-refractivity contribution in [2.45, 2.75) is 31.8 Å². The summed E-state index contributed by atoms with van der Waals surface area (Å²) in [6.07, 6.45) is 5.89. The molecule has 2 aromatic rings. The lowest BCUT2D eigenvalue weighted by atomic mass is 9.91. The summed E-state index contributed by atoms with van der Waals surface area (Å²) in [5.74, 6) is 2.14. The number of carbonyl (C=O) groups is 1. The minimum atomic E-state index is 0.0620. The zero-order valence-electron chi connectivity index (χ0n) is 20.9. The van der Waals surface area contributed by atoms with Gasteiger partial charge in [0.05, 0.1) is 31.6 Å². The van der Waals surface area contributed by atoms with Crippen molar-refractivity contribution in [1.82, 2.24) is 19.8 Å². The van der Waals surface area contributed by atoms with Crippen molar-refractivity contribution in [3.8, 4) is 0 Å². The number of hydrogen-bond acceptors (Lipinski definition) is 7. The van der Waals surface area contributed by atoms with E-state index in [4.69, 9.17) is 9.47 Å². The number of piperidine rings is 1. The first-order valence-corrected chi connectivity index (χ1v) is 12.2. The topological polar surface area (TPSA) is 93.0 Å². The second-order valence-electron chi connectivity index (χ2n) is 9.72. The molecule has 4 aliphatic rings. The summed E-state index contributed by atoms with van der Waals surface area (Å²) < 4.78 is 13.1. The van der Waals surface area contributed by atoms with Gasteiger partial charge in [0.15, 0.2) is 0 Å². The van der Waals surface area contributed by atoms with Crippen LogP contribution in [0.25, 0.3) is 16.5 Å². The number of methoxy groups -OCH3 is 2. The van der Waals surface area contributed by atoms with Crippen molar-refractivity contribution in [1.29, 1.82) is 0 Å². The van der Waals surface area contributed by atoms with Gasteiger partial charge < -0.3 is 24.7 Å². The molecule has 4 atom stereocenters. The van der Waals surface area contributed by atoms with Crippen LogP contribution >= 0.6 is 0 Å². The number of ether oxygens (including phenoxy) is 2. The van der Waals surface area contributed by atoms with E-state index in [1.807, 2.05) is 36.7 Å². The summed E-state index contributed by atoms with van der Waals surface area (Å²) in [5.41, 5.74) is 2.46. The Bertz CT molecular complexity index is 1200. The molecule has 0 radical (unpaired) electrons. The Morgan fingerprint density at radius 3 is 2.66 bits per heavy atom. The van der Waals surface area contributed by atoms with Crippen LogP contribution in [0.4, 0.5) is 5.82 Å². The zero-order valence-corrected chi connectivity index (χ0v) is 20.9. The molecule has 4 unspecified atom stereocenters. The number of anilines is 1. The molecule has 0 spiro atoms. The van der Waals surface area contributed by atoms with Gasteiger partial charge in [-0.1, -0.05) is 0 Å². The third-order valence-corrected chi connectivity index (χ3v) is 7.47. The SMILES string of the molecule is C=N/C(OC)=C(\C(=C/C)OC)c1cc2cc(NC(=O)C3CC3CN3CC4CC(C3)N4)ncc2n1C. The molecule has 186 valence electrons. The highest BCUT2D eigenvalue weighted by atomic mass is 16.5. The van der Waals surface area contributed by atoms with Gasteiger partial charge in [0.1, 0.15) is 17.2 Å². The number of aromatic nitrogens is 2. The van der Waals surface area contributed by atoms with Crippen molar-refractivity contribution >= 4 is 34.9 Å². The maximum Gasteiger partial charge on any atom is 0.228 e. The first-order valence-electron chi connectivity index (χ1n) is 12.2. The molecule has 1 amide bonds. The quantitative estimate of drug-likeness (QED) is 0.327. The van der Waals surface area contributed by atoms with Gasteiger partial charge in [-0.25, -0.2) is 9.98 Å². The van der Waals surface area contributed by atoms with Crippen LogP contribution in [-0.2, 0) is 21.3 Å². The fourth-order valence-corrected chi connectivity index (χ4v) is 5.57. The predicted octanol–water partition coefficient (Wildman–Crippen LogP) is 2.76. The number of rotatable bonds is 9. The smallest absolute Gasteiger partial charge is 0.228 e. The van der Waals surface area contributed by atoms with E-state index in [0.29, 0.717) is 41.0 Å². The Morgan fingerprint density at radius 1 is 1.29 bits per heavy atom. The Balaban J connectivity index is 1.31. The average Bonchev–Trinajstić information content (AvgIpc) is 3.54. The van der Waals surface area contributed by atoms with E-state index in [1.54, 1.807) is 20.4 Å². The van der Waals surface area contributed by atoms with Crippen LogP contribution in [0.2, 0.25) is 0 Å². The molecule has 4 fully saturated rings. The summed E-state index contributed by atoms with van der Waals surface area (Å²) in [6, 6.07) is 5.23. The zero-order chi connectivity index (χ0) is 24.7. The Hall–Kier alpha value is -3.17. The molecule has 5 heterocycles. The fraction of sp³-hybridized carbons (Fsp3) is 0.500. The highest BCUT2D eigenvalue weighted by Crippen LogP contribution is 2.41. The number of carbonyl (C=O) groups excluding carboxylic acids is 1. The van der Waals surface area contributed by atoms with Gasteiger partial charge in [0, 0.05) is 50.1 Å². The monoisotopic (exact) mass is 478 g/mol. The first-order chi connectivity index (χ1) is 16.9. The van der Waals surface area contributed by atoms with E-state index in [-0.39, 0.29) is 11.8 Å². The molecule has 35 heavy (non-hydrogen) atoms. The molecular weight excluding hydrogens is 444 g/mol. The minimum absolute atomic E-state index is 0.0620. The van der Waals surface area contributed by atoms with E-state index in [9.17, 15) is 4.79 Å². The molecule has 3 saturated heterocycles. The van der Waals surface area contributed by atoms with Crippen LogP contribution in [0.5, 0.6) is 0 Å². The van der Waals surface area contributed by atoms with Crippen molar-refractivity contribution in [3.05, 3.63) is 41.7 Å². The second kappa shape index (κ2) is 9.47. The van der Waals surface area contributed by atoms with Gasteiger partial charge in [-0.05, 0) is 50.6 Å². The number of piperazine rings is 1. The molecule has 9 heteroatoms. The first kappa shape index (κ1) is 23.6. The number of aliphatic imine (C=N–C) groups is 1. The molecule has 6 rings (SSSR count). The minimum Gasteiger partial charge on any atom is -0.496 e. The summed E-state index contributed by atoms with van der Waals surface area (Å²) in [6.45, 7) is 8.76. The number of hydrogen-bond donors (Lipinski definition) is 2. The summed E-state index contributed by atoms with van der Waals surface area (Å²) in [4.78, 5) is 24.0. The summed E-state index contributed by atoms with van der Waals surface area (Å²) in [7, 11) is 5.12. The number of fused-ring (bicyclic) bond motifs is 3. The molecule has 9 nitrogen and oxygen atoms in total. The Morgan fingerprint density at radius 2 is 2.03 bits per heavy atom. The summed E-state index contributed by atoms with van der Waals surface area (Å²) >= 11 is 0. The Kier molecular flexibility index (Phi) is 6.37. The molecule has 2 bridgehead atoms. The fourth-order valence-electron chi connectivity index (χ4n) is 5.57. The standard InChI is InChI=1S/C26H34N6O3/c1-6-22(34-4)24(26(27-2)35-5)20-8-15-9-23(28-11-21(15)31(20)3)30-25(33)19-7-16(19)12-32-13-17-10-18(14-32)29-17/h6,8-9,11,16-19,29H,2,7,10,12-14H2,1,3-5H3,(H,28,30,33)/b22-6+,26-24+. The van der Waals surface area contributed by atoms with Crippen LogP contribution in [0, 0.1) is 11.8 Å². The Labute approximate surface area is 205 Å². The number of allylic oxidation sites excluding steroid dienone is 2. The number of aryl methyl sites for hydroxylation is 1. The molecule has 3 aliphatic heterocycles. The lowest BCUT2D eigenvalue weighted by molar-refractivity contribution is -0.117. The van der Waals surface area contributed by atoms with Crippen LogP contribution in [0.3, 0.4) is 0 Å². The normalized spacial score (nSPS) is 26.6. The number of nitrogens with one attached hydrogen (secondary N) is 2. The third kappa shape index (κ3) is 4.46. The van der Waals surface area contributed by atoms with Crippen LogP contribution in [0.15, 0.2) is 41.0 Å². The average molecular weight is 479 g/mol. The third-order valence-electron chi connectivity index (χ3n) is 7.47. The highest BCUT2D eigenvalue weighted by Gasteiger charge is 2.46. The number of amides is 1. The maximum atomic E-state index is 12.9. The van der Waals surface area contributed by atoms with Gasteiger partial charge in [-0.2, -0.15) is 0 Å². The van der Waals surface area contributed by atoms with Crippen molar-refractivity contribution in [2.75, 3.05) is 39.2 Å². The molecule has 1 saturated carbocycles. The maximum absolute atomic E-state index is 12.9. The summed E-state index contributed by atoms with van der Waals surface area (Å²) in [5, 5.41) is 7.55. The molecule has 2 aromatic heterocycles. The van der Waals surface area contributed by atoms with Gasteiger partial charge in [-0.3, -0.25) is 9.69 Å². The lowest BCUT2D eigenvalue weighted by Gasteiger charge is -2.48. The molecule has 0 aromatic carbocycles. The van der Waals surface area contributed by atoms with Crippen molar-refractivity contribution in [3.63, 3.8) is 0 Å². The largest absolute Gasteiger partial charge is 0.496 e. The molecular formula is C26H34N6O3. The van der Waals surface area contributed by atoms with Crippen LogP contribution in [-0.4, -0.2) is 73.0 Å². The van der Waals surface area contributed by atoms with Crippen LogP contribution < -0.4 is 10.6 Å². The van der Waals surface area contributed by atoms with Crippen LogP contribution in [0.1, 0.15) is 25.5 Å². The number of pyridine rings is 1. The molecule has 1 aliphatic carbocycles. The van der Waals surface area contributed by atoms with Gasteiger partial charge in [0.2, 0.25) is 11.8 Å². The van der Waals surface area contributed by atoms with E-state index in [1.165, 1.54) is 6.42 Å².